The summed E-state index contributed by atoms with van der Waals surface area (Å²) >= 11 is 0. The zero-order valence-electron chi connectivity index (χ0n) is 24.4. The molecule has 4 heterocycles. The lowest BCUT2D eigenvalue weighted by Crippen LogP contribution is -2.37. The van der Waals surface area contributed by atoms with E-state index in [1.54, 1.807) is 56.6 Å². The Balaban J connectivity index is 1.27. The smallest absolute Gasteiger partial charge is 0.324 e. The van der Waals surface area contributed by atoms with Crippen LogP contribution in [-0.2, 0) is 4.74 Å². The summed E-state index contributed by atoms with van der Waals surface area (Å²) in [6.45, 7) is 2.09. The van der Waals surface area contributed by atoms with E-state index in [4.69, 9.17) is 9.72 Å². The predicted molar refractivity (Wildman–Crippen MR) is 166 cm³/mol. The van der Waals surface area contributed by atoms with Gasteiger partial charge in [0.05, 0.1) is 18.7 Å². The highest BCUT2D eigenvalue weighted by molar-refractivity contribution is 6.00. The molecule has 1 aliphatic heterocycles. The molecule has 3 aromatic heterocycles. The van der Waals surface area contributed by atoms with Crippen molar-refractivity contribution < 1.29 is 23.1 Å². The molecule has 2 aromatic carbocycles. The van der Waals surface area contributed by atoms with E-state index in [2.05, 4.69) is 25.6 Å². The van der Waals surface area contributed by atoms with Gasteiger partial charge in [-0.3, -0.25) is 10.1 Å². The highest BCUT2D eigenvalue weighted by atomic mass is 19.1. The van der Waals surface area contributed by atoms with Gasteiger partial charge in [0.2, 0.25) is 5.95 Å². The molecule has 1 saturated heterocycles. The summed E-state index contributed by atoms with van der Waals surface area (Å²) < 4.78 is 35.4. The fourth-order valence-corrected chi connectivity index (χ4v) is 4.90. The van der Waals surface area contributed by atoms with Crippen molar-refractivity contribution in [3.05, 3.63) is 90.4 Å². The largest absolute Gasteiger partial charge is 0.378 e. The molecule has 0 aliphatic carbocycles. The number of aromatic nitrogens is 4. The Hall–Kier alpha value is -5.56. The lowest BCUT2D eigenvalue weighted by Gasteiger charge is -2.29. The quantitative estimate of drug-likeness (QED) is 0.251. The summed E-state index contributed by atoms with van der Waals surface area (Å²) in [5.74, 6) is -0.418. The van der Waals surface area contributed by atoms with Crippen LogP contribution in [0.3, 0.4) is 0 Å². The third-order valence-corrected chi connectivity index (χ3v) is 7.18. The molecule has 2 N–H and O–H groups in total. The van der Waals surface area contributed by atoms with Crippen LogP contribution in [-0.4, -0.2) is 77.2 Å². The highest BCUT2D eigenvalue weighted by Crippen LogP contribution is 2.34. The number of carbonyl (C=O) groups excluding carboxylic acids is 2. The number of pyridine rings is 2. The number of amides is 3. The standard InChI is InChI=1S/C32H28F2N8O3/c1-41(2)31(43)19-5-8-21(9-6-19)37-32(44)39-27-10-7-20(18-36-27)29-38-26-17-23(22-4-3-11-35-28(22)34)25(33)16-24(26)30(40-29)42-12-14-45-15-13-42/h3-11,16-18H,12-15H2,1-2H3,(H2,36,37,39,44). The number of urea groups is 1. The van der Waals surface area contributed by atoms with Crippen LogP contribution in [0.2, 0.25) is 0 Å². The number of nitrogens with one attached hydrogen (secondary N) is 2. The first-order valence-electron chi connectivity index (χ1n) is 14.1. The van der Waals surface area contributed by atoms with Crippen molar-refractivity contribution in [1.82, 2.24) is 24.8 Å². The van der Waals surface area contributed by atoms with Gasteiger partial charge in [-0.15, -0.1) is 0 Å². The van der Waals surface area contributed by atoms with E-state index in [0.29, 0.717) is 65.7 Å². The second-order valence-corrected chi connectivity index (χ2v) is 10.4. The van der Waals surface area contributed by atoms with Crippen molar-refractivity contribution in [1.29, 1.82) is 0 Å². The van der Waals surface area contributed by atoms with Crippen molar-refractivity contribution in [2.75, 3.05) is 55.9 Å². The maximum Gasteiger partial charge on any atom is 0.324 e. The van der Waals surface area contributed by atoms with Gasteiger partial charge in [-0.2, -0.15) is 4.39 Å². The molecule has 6 rings (SSSR count). The summed E-state index contributed by atoms with van der Waals surface area (Å²) in [6.07, 6.45) is 2.82. The Kier molecular flexibility index (Phi) is 8.25. The van der Waals surface area contributed by atoms with Crippen molar-refractivity contribution >= 4 is 40.2 Å². The van der Waals surface area contributed by atoms with Crippen molar-refractivity contribution in [3.8, 4) is 22.5 Å². The average Bonchev–Trinajstić information content (AvgIpc) is 3.05. The minimum atomic E-state index is -0.786. The van der Waals surface area contributed by atoms with Crippen LogP contribution in [0.5, 0.6) is 0 Å². The van der Waals surface area contributed by atoms with Crippen molar-refractivity contribution in [3.63, 3.8) is 0 Å². The van der Waals surface area contributed by atoms with E-state index in [-0.39, 0.29) is 22.9 Å². The first kappa shape index (κ1) is 29.5. The van der Waals surface area contributed by atoms with Crippen LogP contribution in [0, 0.1) is 11.8 Å². The molecule has 0 spiro atoms. The topological polar surface area (TPSA) is 125 Å². The molecule has 0 atom stereocenters. The van der Waals surface area contributed by atoms with Crippen LogP contribution in [0.25, 0.3) is 33.4 Å². The monoisotopic (exact) mass is 610 g/mol. The predicted octanol–water partition coefficient (Wildman–Crippen LogP) is 5.21. The number of morpholine rings is 1. The molecule has 1 aliphatic rings. The normalized spacial score (nSPS) is 13.0. The number of hydrogen-bond acceptors (Lipinski definition) is 8. The summed E-state index contributed by atoms with van der Waals surface area (Å²) in [4.78, 5) is 45.6. The SMILES string of the molecule is CN(C)C(=O)c1ccc(NC(=O)Nc2ccc(-c3nc(N4CCOCC4)c4cc(F)c(-c5cccnc5F)cc4n3)cn2)cc1. The van der Waals surface area contributed by atoms with Gasteiger partial charge in [-0.05, 0) is 60.7 Å². The molecule has 228 valence electrons. The molecule has 5 aromatic rings. The fourth-order valence-electron chi connectivity index (χ4n) is 4.90. The van der Waals surface area contributed by atoms with E-state index in [1.165, 1.54) is 35.5 Å². The van der Waals surface area contributed by atoms with Gasteiger partial charge in [0.25, 0.3) is 5.91 Å². The van der Waals surface area contributed by atoms with Gasteiger partial charge in [-0.25, -0.2) is 29.1 Å². The zero-order valence-corrected chi connectivity index (χ0v) is 24.4. The summed E-state index contributed by atoms with van der Waals surface area (Å²) in [7, 11) is 3.33. The highest BCUT2D eigenvalue weighted by Gasteiger charge is 2.21. The number of hydrogen-bond donors (Lipinski definition) is 2. The zero-order chi connectivity index (χ0) is 31.5. The second-order valence-electron chi connectivity index (χ2n) is 10.4. The molecule has 45 heavy (non-hydrogen) atoms. The number of fused-ring (bicyclic) bond motifs is 1. The van der Waals surface area contributed by atoms with Crippen LogP contribution < -0.4 is 15.5 Å². The lowest BCUT2D eigenvalue weighted by atomic mass is 10.0. The minimum absolute atomic E-state index is 0.0263. The molecule has 1 fully saturated rings. The van der Waals surface area contributed by atoms with Gasteiger partial charge in [0.1, 0.15) is 17.5 Å². The van der Waals surface area contributed by atoms with E-state index >= 15 is 4.39 Å². The van der Waals surface area contributed by atoms with Crippen LogP contribution >= 0.6 is 0 Å². The number of ether oxygens (including phenoxy) is 1. The van der Waals surface area contributed by atoms with Crippen LogP contribution in [0.15, 0.2) is 73.1 Å². The van der Waals surface area contributed by atoms with Gasteiger partial charge in [0, 0.05) is 72.9 Å². The van der Waals surface area contributed by atoms with Crippen LogP contribution in [0.1, 0.15) is 10.4 Å². The molecule has 0 saturated carbocycles. The lowest BCUT2D eigenvalue weighted by molar-refractivity contribution is 0.0827. The van der Waals surface area contributed by atoms with Gasteiger partial charge < -0.3 is 19.9 Å². The number of carbonyl (C=O) groups is 2. The van der Waals surface area contributed by atoms with Gasteiger partial charge >= 0.3 is 6.03 Å². The van der Waals surface area contributed by atoms with Crippen LogP contribution in [0.4, 0.5) is 30.9 Å². The van der Waals surface area contributed by atoms with Crippen molar-refractivity contribution in [2.24, 2.45) is 0 Å². The third kappa shape index (κ3) is 6.38. The Morgan fingerprint density at radius 3 is 2.38 bits per heavy atom. The summed E-state index contributed by atoms with van der Waals surface area (Å²) in [6, 6.07) is 15.1. The Bertz CT molecular complexity index is 1880. The number of anilines is 3. The van der Waals surface area contributed by atoms with Gasteiger partial charge in [0.15, 0.2) is 5.82 Å². The Morgan fingerprint density at radius 1 is 0.911 bits per heavy atom. The molecule has 13 heteroatoms. The molecule has 3 amide bonds. The third-order valence-electron chi connectivity index (χ3n) is 7.18. The van der Waals surface area contributed by atoms with Gasteiger partial charge in [-0.1, -0.05) is 0 Å². The van der Waals surface area contributed by atoms with E-state index in [9.17, 15) is 14.0 Å². The van der Waals surface area contributed by atoms with Crippen molar-refractivity contribution in [2.45, 2.75) is 0 Å². The minimum Gasteiger partial charge on any atom is -0.378 e. The first-order chi connectivity index (χ1) is 21.8. The summed E-state index contributed by atoms with van der Waals surface area (Å²) in [5.41, 5.74) is 2.03. The Labute approximate surface area is 256 Å². The Morgan fingerprint density at radius 2 is 1.69 bits per heavy atom. The number of rotatable bonds is 6. The molecule has 0 unspecified atom stereocenters. The molecule has 11 nitrogen and oxygen atoms in total. The first-order valence-corrected chi connectivity index (χ1v) is 14.1. The molecule has 0 bridgehead atoms. The number of nitrogens with zero attached hydrogens (tertiary/aromatic N) is 6. The summed E-state index contributed by atoms with van der Waals surface area (Å²) in [5, 5.41) is 5.86. The maximum atomic E-state index is 15.4. The van der Waals surface area contributed by atoms with E-state index in [1.807, 2.05) is 4.90 Å². The second kappa shape index (κ2) is 12.6. The number of halogens is 2. The van der Waals surface area contributed by atoms with E-state index in [0.717, 1.165) is 0 Å². The number of benzene rings is 2. The molecular weight excluding hydrogens is 582 g/mol. The molecular formula is C32H28F2N8O3. The molecule has 0 radical (unpaired) electrons. The fraction of sp³-hybridized carbons (Fsp3) is 0.188. The average molecular weight is 611 g/mol. The van der Waals surface area contributed by atoms with E-state index < -0.39 is 17.8 Å². The maximum absolute atomic E-state index is 15.4.